The number of halogens is 1. The lowest BCUT2D eigenvalue weighted by Crippen LogP contribution is -2.19. The Morgan fingerprint density at radius 1 is 1.00 bits per heavy atom. The lowest BCUT2D eigenvalue weighted by Gasteiger charge is -2.16. The molecule has 1 amide bonds. The molecule has 1 N–H and O–H groups in total. The number of nitrogens with one attached hydrogen (secondary N) is 1. The van der Waals surface area contributed by atoms with E-state index < -0.39 is 0 Å². The number of hydrogen-bond donors (Lipinski definition) is 1. The summed E-state index contributed by atoms with van der Waals surface area (Å²) < 4.78 is 1.88. The Morgan fingerprint density at radius 3 is 2.32 bits per heavy atom. The molecule has 156 valence electrons. The molecule has 0 unspecified atom stereocenters. The molecule has 6 heteroatoms. The van der Waals surface area contributed by atoms with Gasteiger partial charge in [-0.3, -0.25) is 9.48 Å². The molecule has 0 radical (unpaired) electrons. The van der Waals surface area contributed by atoms with Gasteiger partial charge in [0.2, 0.25) is 5.91 Å². The number of carbonyl (C=O) groups excluding carboxylic acids is 1. The predicted molar refractivity (Wildman–Crippen MR) is 128 cm³/mol. The topological polar surface area (TPSA) is 46.9 Å². The van der Waals surface area contributed by atoms with Crippen molar-refractivity contribution in [1.82, 2.24) is 9.78 Å². The predicted octanol–water partition coefficient (Wildman–Crippen LogP) is 6.37. The smallest absolute Gasteiger partial charge is 0.243 e. The van der Waals surface area contributed by atoms with Crippen molar-refractivity contribution in [3.63, 3.8) is 0 Å². The molecule has 4 nitrogen and oxygen atoms in total. The first-order valence-electron chi connectivity index (χ1n) is 9.95. The van der Waals surface area contributed by atoms with Gasteiger partial charge in [0, 0.05) is 21.7 Å². The van der Waals surface area contributed by atoms with E-state index in [1.165, 1.54) is 11.8 Å². The number of anilines is 1. The largest absolute Gasteiger partial charge is 0.308 e. The first-order valence-corrected chi connectivity index (χ1v) is 11.2. The van der Waals surface area contributed by atoms with Gasteiger partial charge in [-0.25, -0.2) is 0 Å². The van der Waals surface area contributed by atoms with Gasteiger partial charge < -0.3 is 5.32 Å². The first-order chi connectivity index (χ1) is 15.1. The van der Waals surface area contributed by atoms with Crippen molar-refractivity contribution in [2.75, 3.05) is 5.32 Å². The maximum Gasteiger partial charge on any atom is 0.243 e. The fourth-order valence-corrected chi connectivity index (χ4v) is 4.39. The molecule has 0 bridgehead atoms. The molecule has 0 saturated carbocycles. The minimum Gasteiger partial charge on any atom is -0.308 e. The second kappa shape index (κ2) is 9.86. The maximum atomic E-state index is 13.2. The van der Waals surface area contributed by atoms with Crippen LogP contribution < -0.4 is 5.32 Å². The average Bonchev–Trinajstić information content (AvgIpc) is 3.13. The van der Waals surface area contributed by atoms with Crippen LogP contribution in [0.2, 0.25) is 5.02 Å². The zero-order valence-corrected chi connectivity index (χ0v) is 18.6. The van der Waals surface area contributed by atoms with Gasteiger partial charge in [0.15, 0.2) is 5.82 Å². The van der Waals surface area contributed by atoms with Gasteiger partial charge in [-0.2, -0.15) is 5.10 Å². The molecule has 1 atom stereocenters. The fourth-order valence-electron chi connectivity index (χ4n) is 3.22. The van der Waals surface area contributed by atoms with E-state index in [4.69, 9.17) is 11.6 Å². The highest BCUT2D eigenvalue weighted by Gasteiger charge is 2.23. The fraction of sp³-hybridized carbons (Fsp3) is 0.120. The molecule has 4 aromatic rings. The van der Waals surface area contributed by atoms with E-state index in [2.05, 4.69) is 10.4 Å². The number of hydrogen-bond acceptors (Lipinski definition) is 3. The molecule has 0 spiro atoms. The standard InChI is InChI=1S/C25H22ClN3OS/c1-18-16-23(28-29(18)17-19-12-14-21(26)15-13-19)27-25(30)24(20-8-4-2-5-9-20)31-22-10-6-3-7-11-22/h2-16,24H,17H2,1H3,(H,27,28,30)/t24-/m1/s1. The lowest BCUT2D eigenvalue weighted by atomic mass is 10.1. The van der Waals surface area contributed by atoms with Gasteiger partial charge in [0.25, 0.3) is 0 Å². The molecule has 31 heavy (non-hydrogen) atoms. The van der Waals surface area contributed by atoms with Crippen LogP contribution in [0, 0.1) is 6.92 Å². The van der Waals surface area contributed by atoms with Crippen LogP contribution in [0.25, 0.3) is 0 Å². The van der Waals surface area contributed by atoms with Crippen molar-refractivity contribution in [2.45, 2.75) is 23.6 Å². The minimum atomic E-state index is -0.384. The Hall–Kier alpha value is -3.02. The molecular weight excluding hydrogens is 426 g/mol. The van der Waals surface area contributed by atoms with Crippen molar-refractivity contribution in [3.05, 3.63) is 113 Å². The molecule has 1 heterocycles. The molecule has 0 aliphatic heterocycles. The van der Waals surface area contributed by atoms with Gasteiger partial charge in [0.05, 0.1) is 6.54 Å². The molecule has 0 saturated heterocycles. The third kappa shape index (κ3) is 5.57. The zero-order valence-electron chi connectivity index (χ0n) is 17.0. The Bertz CT molecular complexity index is 1140. The molecule has 3 aromatic carbocycles. The summed E-state index contributed by atoms with van der Waals surface area (Å²) in [7, 11) is 0. The van der Waals surface area contributed by atoms with E-state index in [9.17, 15) is 4.79 Å². The van der Waals surface area contributed by atoms with E-state index in [0.717, 1.165) is 21.7 Å². The summed E-state index contributed by atoms with van der Waals surface area (Å²) in [4.78, 5) is 14.3. The number of carbonyl (C=O) groups is 1. The van der Waals surface area contributed by atoms with Crippen LogP contribution in [-0.2, 0) is 11.3 Å². The SMILES string of the molecule is Cc1cc(NC(=O)[C@H](Sc2ccccc2)c2ccccc2)nn1Cc1ccc(Cl)cc1. The maximum absolute atomic E-state index is 13.2. The highest BCUT2D eigenvalue weighted by molar-refractivity contribution is 8.00. The minimum absolute atomic E-state index is 0.101. The summed E-state index contributed by atoms with van der Waals surface area (Å²) in [5.74, 6) is 0.447. The van der Waals surface area contributed by atoms with E-state index >= 15 is 0 Å². The van der Waals surface area contributed by atoms with Crippen molar-refractivity contribution < 1.29 is 4.79 Å². The van der Waals surface area contributed by atoms with E-state index in [-0.39, 0.29) is 11.2 Å². The van der Waals surface area contributed by atoms with Crippen LogP contribution in [0.4, 0.5) is 5.82 Å². The van der Waals surface area contributed by atoms with Crippen LogP contribution in [0.5, 0.6) is 0 Å². The number of rotatable bonds is 7. The summed E-state index contributed by atoms with van der Waals surface area (Å²) in [6.07, 6.45) is 0. The first kappa shape index (κ1) is 21.2. The number of nitrogens with zero attached hydrogens (tertiary/aromatic N) is 2. The van der Waals surface area contributed by atoms with Gasteiger partial charge in [0.1, 0.15) is 5.25 Å². The second-order valence-corrected chi connectivity index (χ2v) is 8.78. The van der Waals surface area contributed by atoms with Crippen LogP contribution in [-0.4, -0.2) is 15.7 Å². The van der Waals surface area contributed by atoms with E-state index in [1.54, 1.807) is 0 Å². The highest BCUT2D eigenvalue weighted by atomic mass is 35.5. The summed E-state index contributed by atoms with van der Waals surface area (Å²) >= 11 is 7.50. The Morgan fingerprint density at radius 2 is 1.65 bits per heavy atom. The van der Waals surface area contributed by atoms with Crippen molar-refractivity contribution in [2.24, 2.45) is 0 Å². The molecule has 0 aliphatic rings. The molecular formula is C25H22ClN3OS. The van der Waals surface area contributed by atoms with Crippen molar-refractivity contribution >= 4 is 35.1 Å². The number of benzene rings is 3. The lowest BCUT2D eigenvalue weighted by molar-refractivity contribution is -0.115. The van der Waals surface area contributed by atoms with Crippen molar-refractivity contribution in [1.29, 1.82) is 0 Å². The van der Waals surface area contributed by atoms with E-state index in [0.29, 0.717) is 17.4 Å². The van der Waals surface area contributed by atoms with Gasteiger partial charge in [-0.15, -0.1) is 11.8 Å². The zero-order chi connectivity index (χ0) is 21.6. The van der Waals surface area contributed by atoms with Crippen LogP contribution in [0.15, 0.2) is 95.9 Å². The second-order valence-electron chi connectivity index (χ2n) is 7.17. The van der Waals surface area contributed by atoms with Crippen LogP contribution >= 0.6 is 23.4 Å². The average molecular weight is 448 g/mol. The molecule has 1 aromatic heterocycles. The van der Waals surface area contributed by atoms with Crippen LogP contribution in [0.3, 0.4) is 0 Å². The van der Waals surface area contributed by atoms with Crippen LogP contribution in [0.1, 0.15) is 22.1 Å². The normalized spacial score (nSPS) is 11.8. The summed E-state index contributed by atoms with van der Waals surface area (Å²) in [6, 6.07) is 29.3. The molecule has 0 aliphatic carbocycles. The number of thioether (sulfide) groups is 1. The number of aromatic nitrogens is 2. The summed E-state index contributed by atoms with van der Waals surface area (Å²) in [5, 5.41) is 7.92. The monoisotopic (exact) mass is 447 g/mol. The molecule has 0 fully saturated rings. The number of aryl methyl sites for hydroxylation is 1. The quantitative estimate of drug-likeness (QED) is 0.335. The Kier molecular flexibility index (Phi) is 6.75. The summed E-state index contributed by atoms with van der Waals surface area (Å²) in [5.41, 5.74) is 3.01. The Labute approximate surface area is 191 Å². The third-order valence-electron chi connectivity index (χ3n) is 4.82. The van der Waals surface area contributed by atoms with E-state index in [1.807, 2.05) is 103 Å². The Balaban J connectivity index is 1.52. The molecule has 4 rings (SSSR count). The van der Waals surface area contributed by atoms with Crippen molar-refractivity contribution in [3.8, 4) is 0 Å². The number of amides is 1. The highest BCUT2D eigenvalue weighted by Crippen LogP contribution is 2.36. The van der Waals surface area contributed by atoms with Gasteiger partial charge in [-0.05, 0) is 42.3 Å². The van der Waals surface area contributed by atoms with Gasteiger partial charge >= 0.3 is 0 Å². The third-order valence-corrected chi connectivity index (χ3v) is 6.33. The van der Waals surface area contributed by atoms with Gasteiger partial charge in [-0.1, -0.05) is 72.3 Å². The summed E-state index contributed by atoms with van der Waals surface area (Å²) in [6.45, 7) is 2.59.